The second kappa shape index (κ2) is 7.07. The standard InChI is InChI=1S/C19H24N4O3/c1-22-14-20-21-18(22)16-11-23(13-19(16)7-9-25-10-8-19)17(24)12-26-15-5-3-2-4-6-15/h2-6,14,16H,7-13H2,1H3. The van der Waals surface area contributed by atoms with E-state index in [1.54, 1.807) is 6.33 Å². The maximum atomic E-state index is 12.8. The summed E-state index contributed by atoms with van der Waals surface area (Å²) in [4.78, 5) is 14.7. The Morgan fingerprint density at radius 1 is 1.31 bits per heavy atom. The summed E-state index contributed by atoms with van der Waals surface area (Å²) < 4.78 is 13.2. The highest BCUT2D eigenvalue weighted by Crippen LogP contribution is 2.48. The lowest BCUT2D eigenvalue weighted by Gasteiger charge is -2.37. The van der Waals surface area contributed by atoms with Crippen LogP contribution in [0.4, 0.5) is 0 Å². The fourth-order valence-electron chi connectivity index (χ4n) is 4.16. The fraction of sp³-hybridized carbons (Fsp3) is 0.526. The molecule has 0 aliphatic carbocycles. The first-order valence-corrected chi connectivity index (χ1v) is 9.05. The van der Waals surface area contributed by atoms with Gasteiger partial charge in [0.25, 0.3) is 5.91 Å². The quantitative estimate of drug-likeness (QED) is 0.833. The van der Waals surface area contributed by atoms with E-state index in [2.05, 4.69) is 10.2 Å². The minimum Gasteiger partial charge on any atom is -0.484 e. The van der Waals surface area contributed by atoms with Gasteiger partial charge in [-0.25, -0.2) is 0 Å². The molecule has 1 spiro atoms. The number of carbonyl (C=O) groups is 1. The Morgan fingerprint density at radius 3 is 2.77 bits per heavy atom. The number of rotatable bonds is 4. The Hall–Kier alpha value is -2.41. The predicted octanol–water partition coefficient (Wildman–Crippen LogP) is 1.62. The van der Waals surface area contributed by atoms with Gasteiger partial charge in [-0.05, 0) is 25.0 Å². The van der Waals surface area contributed by atoms with Crippen molar-refractivity contribution in [1.29, 1.82) is 0 Å². The molecule has 1 atom stereocenters. The van der Waals surface area contributed by atoms with Crippen LogP contribution in [0, 0.1) is 5.41 Å². The van der Waals surface area contributed by atoms with E-state index in [1.165, 1.54) is 0 Å². The predicted molar refractivity (Wildman–Crippen MR) is 94.7 cm³/mol. The Labute approximate surface area is 152 Å². The number of aryl methyl sites for hydroxylation is 1. The summed E-state index contributed by atoms with van der Waals surface area (Å²) >= 11 is 0. The van der Waals surface area contributed by atoms with Gasteiger partial charge in [-0.2, -0.15) is 0 Å². The number of carbonyl (C=O) groups excluding carboxylic acids is 1. The van der Waals surface area contributed by atoms with Crippen LogP contribution in [0.3, 0.4) is 0 Å². The van der Waals surface area contributed by atoms with E-state index in [-0.39, 0.29) is 23.8 Å². The van der Waals surface area contributed by atoms with Gasteiger partial charge < -0.3 is 18.9 Å². The molecule has 0 bridgehead atoms. The Kier molecular flexibility index (Phi) is 4.63. The number of aromatic nitrogens is 3. The first-order valence-electron chi connectivity index (χ1n) is 9.05. The van der Waals surface area contributed by atoms with Crippen LogP contribution in [0.15, 0.2) is 36.7 Å². The van der Waals surface area contributed by atoms with Crippen LogP contribution < -0.4 is 4.74 Å². The SMILES string of the molecule is Cn1cnnc1C1CN(C(=O)COc2ccccc2)CC12CCOCC2. The van der Waals surface area contributed by atoms with Crippen LogP contribution in [0.25, 0.3) is 0 Å². The molecule has 7 heteroatoms. The molecule has 2 saturated heterocycles. The average molecular weight is 356 g/mol. The van der Waals surface area contributed by atoms with E-state index >= 15 is 0 Å². The van der Waals surface area contributed by atoms with Gasteiger partial charge in [0.15, 0.2) is 6.61 Å². The van der Waals surface area contributed by atoms with E-state index in [4.69, 9.17) is 9.47 Å². The van der Waals surface area contributed by atoms with E-state index in [9.17, 15) is 4.79 Å². The summed E-state index contributed by atoms with van der Waals surface area (Å²) in [6.07, 6.45) is 3.60. The summed E-state index contributed by atoms with van der Waals surface area (Å²) in [5, 5.41) is 8.38. The molecule has 1 amide bonds. The molecule has 2 aliphatic rings. The highest BCUT2D eigenvalue weighted by Gasteiger charge is 2.50. The van der Waals surface area contributed by atoms with Crippen molar-refractivity contribution in [3.05, 3.63) is 42.5 Å². The third-order valence-corrected chi connectivity index (χ3v) is 5.65. The molecule has 4 rings (SSSR count). The molecule has 2 fully saturated rings. The van der Waals surface area contributed by atoms with Gasteiger partial charge in [-0.3, -0.25) is 4.79 Å². The minimum absolute atomic E-state index is 0.0153. The lowest BCUT2D eigenvalue weighted by atomic mass is 9.72. The summed E-state index contributed by atoms with van der Waals surface area (Å²) in [6.45, 7) is 2.91. The molecule has 0 N–H and O–H groups in total. The highest BCUT2D eigenvalue weighted by molar-refractivity contribution is 5.78. The van der Waals surface area contributed by atoms with Gasteiger partial charge in [0.2, 0.25) is 0 Å². The van der Waals surface area contributed by atoms with Crippen molar-refractivity contribution in [1.82, 2.24) is 19.7 Å². The minimum atomic E-state index is 0.0153. The largest absolute Gasteiger partial charge is 0.484 e. The average Bonchev–Trinajstić information content (AvgIpc) is 3.25. The normalized spacial score (nSPS) is 21.9. The van der Waals surface area contributed by atoms with E-state index in [1.807, 2.05) is 46.8 Å². The monoisotopic (exact) mass is 356 g/mol. The lowest BCUT2D eigenvalue weighted by molar-refractivity contribution is -0.133. The highest BCUT2D eigenvalue weighted by atomic mass is 16.5. The van der Waals surface area contributed by atoms with Crippen molar-refractivity contribution in [2.75, 3.05) is 32.9 Å². The van der Waals surface area contributed by atoms with Gasteiger partial charge in [-0.15, -0.1) is 10.2 Å². The third-order valence-electron chi connectivity index (χ3n) is 5.65. The molecular formula is C19H24N4O3. The second-order valence-corrected chi connectivity index (χ2v) is 7.20. The molecule has 138 valence electrons. The molecule has 3 heterocycles. The lowest BCUT2D eigenvalue weighted by Crippen LogP contribution is -2.38. The number of para-hydroxylation sites is 1. The van der Waals surface area contributed by atoms with Gasteiger partial charge >= 0.3 is 0 Å². The van der Waals surface area contributed by atoms with E-state index in [0.717, 1.165) is 38.4 Å². The molecule has 0 saturated carbocycles. The van der Waals surface area contributed by atoms with Crippen molar-refractivity contribution in [3.63, 3.8) is 0 Å². The van der Waals surface area contributed by atoms with Gasteiger partial charge in [0.1, 0.15) is 17.9 Å². The molecule has 7 nitrogen and oxygen atoms in total. The zero-order valence-electron chi connectivity index (χ0n) is 15.0. The van der Waals surface area contributed by atoms with Crippen molar-refractivity contribution >= 4 is 5.91 Å². The molecule has 0 radical (unpaired) electrons. The van der Waals surface area contributed by atoms with Crippen LogP contribution in [0.5, 0.6) is 5.75 Å². The van der Waals surface area contributed by atoms with Crippen LogP contribution in [-0.2, 0) is 16.6 Å². The molecule has 1 unspecified atom stereocenters. The van der Waals surface area contributed by atoms with Gasteiger partial charge in [0, 0.05) is 44.7 Å². The van der Waals surface area contributed by atoms with Crippen molar-refractivity contribution in [2.24, 2.45) is 12.5 Å². The number of benzene rings is 1. The van der Waals surface area contributed by atoms with E-state index in [0.29, 0.717) is 12.3 Å². The van der Waals surface area contributed by atoms with Crippen LogP contribution in [0.1, 0.15) is 24.6 Å². The Morgan fingerprint density at radius 2 is 2.08 bits per heavy atom. The summed E-state index contributed by atoms with van der Waals surface area (Å²) in [7, 11) is 1.96. The fourth-order valence-corrected chi connectivity index (χ4v) is 4.16. The van der Waals surface area contributed by atoms with Crippen LogP contribution >= 0.6 is 0 Å². The topological polar surface area (TPSA) is 69.5 Å². The van der Waals surface area contributed by atoms with Crippen LogP contribution in [0.2, 0.25) is 0 Å². The Bertz CT molecular complexity index is 755. The number of hydrogen-bond donors (Lipinski definition) is 0. The van der Waals surface area contributed by atoms with Crippen molar-refractivity contribution < 1.29 is 14.3 Å². The maximum absolute atomic E-state index is 12.8. The number of hydrogen-bond acceptors (Lipinski definition) is 5. The van der Waals surface area contributed by atoms with Crippen LogP contribution in [-0.4, -0.2) is 58.5 Å². The van der Waals surface area contributed by atoms with Crippen molar-refractivity contribution in [2.45, 2.75) is 18.8 Å². The molecule has 2 aliphatic heterocycles. The molecular weight excluding hydrogens is 332 g/mol. The third kappa shape index (κ3) is 3.19. The second-order valence-electron chi connectivity index (χ2n) is 7.20. The molecule has 1 aromatic heterocycles. The van der Waals surface area contributed by atoms with Gasteiger partial charge in [0.05, 0.1) is 0 Å². The number of ether oxygens (including phenoxy) is 2. The number of amides is 1. The molecule has 26 heavy (non-hydrogen) atoms. The molecule has 1 aromatic carbocycles. The summed E-state index contributed by atoms with van der Waals surface area (Å²) in [6, 6.07) is 9.45. The maximum Gasteiger partial charge on any atom is 0.260 e. The number of likely N-dealkylation sites (tertiary alicyclic amines) is 1. The number of nitrogens with zero attached hydrogens (tertiary/aromatic N) is 4. The zero-order chi connectivity index (χ0) is 18.0. The Balaban J connectivity index is 1.49. The summed E-state index contributed by atoms with van der Waals surface area (Å²) in [5.74, 6) is 1.86. The smallest absolute Gasteiger partial charge is 0.260 e. The van der Waals surface area contributed by atoms with Crippen molar-refractivity contribution in [3.8, 4) is 5.75 Å². The zero-order valence-corrected chi connectivity index (χ0v) is 15.0. The first-order chi connectivity index (χ1) is 12.7. The first kappa shape index (κ1) is 17.0. The molecule has 2 aromatic rings. The van der Waals surface area contributed by atoms with E-state index < -0.39 is 0 Å². The van der Waals surface area contributed by atoms with Gasteiger partial charge in [-0.1, -0.05) is 18.2 Å². The summed E-state index contributed by atoms with van der Waals surface area (Å²) in [5.41, 5.74) is 0.0153.